The molecule has 0 saturated heterocycles. The molecule has 84 valence electrons. The van der Waals surface area contributed by atoms with Crippen LogP contribution in [-0.4, -0.2) is 36.3 Å². The first-order chi connectivity index (χ1) is 6.01. The minimum atomic E-state index is -4.82. The fourth-order valence-electron chi connectivity index (χ4n) is 0.659. The first-order valence-electron chi connectivity index (χ1n) is 3.24. The van der Waals surface area contributed by atoms with Crippen LogP contribution in [0.5, 0.6) is 0 Å². The lowest BCUT2D eigenvalue weighted by Gasteiger charge is -2.24. The highest BCUT2D eigenvalue weighted by molar-refractivity contribution is 5.74. The van der Waals surface area contributed by atoms with Gasteiger partial charge in [0.25, 0.3) is 0 Å². The highest BCUT2D eigenvalue weighted by atomic mass is 19.4. The SMILES string of the molecule is N=C(N)N(CC(F)(F)F)CC(F)(F)F. The van der Waals surface area contributed by atoms with Gasteiger partial charge in [-0.05, 0) is 0 Å². The average molecular weight is 223 g/mol. The van der Waals surface area contributed by atoms with E-state index in [2.05, 4.69) is 5.73 Å². The summed E-state index contributed by atoms with van der Waals surface area (Å²) in [6.07, 6.45) is -9.64. The van der Waals surface area contributed by atoms with Crippen molar-refractivity contribution in [2.24, 2.45) is 5.73 Å². The monoisotopic (exact) mass is 223 g/mol. The number of hydrogen-bond acceptors (Lipinski definition) is 1. The van der Waals surface area contributed by atoms with Crippen LogP contribution in [0, 0.1) is 5.41 Å². The van der Waals surface area contributed by atoms with Gasteiger partial charge >= 0.3 is 12.4 Å². The molecule has 0 saturated carbocycles. The Hall–Kier alpha value is -1.15. The quantitative estimate of drug-likeness (QED) is 0.421. The van der Waals surface area contributed by atoms with Crippen molar-refractivity contribution in [3.05, 3.63) is 0 Å². The third kappa shape index (κ3) is 6.38. The van der Waals surface area contributed by atoms with Crippen LogP contribution in [0.25, 0.3) is 0 Å². The smallest absolute Gasteiger partial charge is 0.370 e. The molecule has 0 atom stereocenters. The fourth-order valence-corrected chi connectivity index (χ4v) is 0.659. The van der Waals surface area contributed by atoms with E-state index in [1.807, 2.05) is 0 Å². The highest BCUT2D eigenvalue weighted by Crippen LogP contribution is 2.21. The Bertz CT molecular complexity index is 190. The van der Waals surface area contributed by atoms with E-state index in [-0.39, 0.29) is 4.90 Å². The summed E-state index contributed by atoms with van der Waals surface area (Å²) < 4.78 is 70.1. The lowest BCUT2D eigenvalue weighted by atomic mass is 10.4. The van der Waals surface area contributed by atoms with Crippen molar-refractivity contribution in [3.63, 3.8) is 0 Å². The molecular weight excluding hydrogens is 216 g/mol. The molecule has 0 radical (unpaired) electrons. The molecule has 0 aliphatic carbocycles. The van der Waals surface area contributed by atoms with Crippen molar-refractivity contribution < 1.29 is 26.3 Å². The summed E-state index contributed by atoms with van der Waals surface area (Å²) in [5.74, 6) is -1.26. The molecule has 14 heavy (non-hydrogen) atoms. The Labute approximate surface area is 75.0 Å². The molecule has 0 rings (SSSR count). The lowest BCUT2D eigenvalue weighted by Crippen LogP contribution is -2.47. The van der Waals surface area contributed by atoms with Crippen LogP contribution in [0.4, 0.5) is 26.3 Å². The van der Waals surface area contributed by atoms with E-state index in [1.54, 1.807) is 0 Å². The number of hydrogen-bond donors (Lipinski definition) is 2. The van der Waals surface area contributed by atoms with Crippen LogP contribution in [0.1, 0.15) is 0 Å². The van der Waals surface area contributed by atoms with E-state index in [1.165, 1.54) is 0 Å². The summed E-state index contributed by atoms with van der Waals surface area (Å²) >= 11 is 0. The van der Waals surface area contributed by atoms with Crippen molar-refractivity contribution in [3.8, 4) is 0 Å². The average Bonchev–Trinajstić information content (AvgIpc) is 1.78. The van der Waals surface area contributed by atoms with Crippen LogP contribution in [-0.2, 0) is 0 Å². The van der Waals surface area contributed by atoms with E-state index in [0.717, 1.165) is 0 Å². The van der Waals surface area contributed by atoms with Crippen LogP contribution in [0.3, 0.4) is 0 Å². The third-order valence-corrected chi connectivity index (χ3v) is 1.08. The number of halogens is 6. The molecule has 0 spiro atoms. The Kier molecular flexibility index (Phi) is 3.60. The molecule has 3 nitrogen and oxygen atoms in total. The molecule has 0 heterocycles. The molecule has 0 aromatic heterocycles. The van der Waals surface area contributed by atoms with Gasteiger partial charge in [0.1, 0.15) is 13.1 Å². The topological polar surface area (TPSA) is 53.1 Å². The zero-order valence-corrected chi connectivity index (χ0v) is 6.71. The maximum Gasteiger partial charge on any atom is 0.406 e. The molecule has 0 aliphatic heterocycles. The van der Waals surface area contributed by atoms with Gasteiger partial charge in [-0.15, -0.1) is 0 Å². The van der Waals surface area contributed by atoms with Crippen molar-refractivity contribution in [1.82, 2.24) is 4.90 Å². The Morgan fingerprint density at radius 3 is 1.43 bits per heavy atom. The van der Waals surface area contributed by atoms with E-state index >= 15 is 0 Å². The zero-order chi connectivity index (χ0) is 11.6. The minimum Gasteiger partial charge on any atom is -0.370 e. The summed E-state index contributed by atoms with van der Waals surface area (Å²) in [4.78, 5) is -0.306. The zero-order valence-electron chi connectivity index (χ0n) is 6.71. The van der Waals surface area contributed by atoms with Crippen molar-refractivity contribution in [2.75, 3.05) is 13.1 Å². The van der Waals surface area contributed by atoms with Crippen LogP contribution >= 0.6 is 0 Å². The van der Waals surface area contributed by atoms with Crippen LogP contribution < -0.4 is 5.73 Å². The molecule has 0 aliphatic rings. The van der Waals surface area contributed by atoms with Gasteiger partial charge in [0.15, 0.2) is 5.96 Å². The maximum atomic E-state index is 11.7. The normalized spacial score (nSPS) is 12.7. The van der Waals surface area contributed by atoms with Gasteiger partial charge in [-0.3, -0.25) is 5.41 Å². The molecule has 3 N–H and O–H groups in total. The summed E-state index contributed by atoms with van der Waals surface area (Å²) in [6.45, 7) is -3.77. The molecule has 0 bridgehead atoms. The van der Waals surface area contributed by atoms with Crippen molar-refractivity contribution in [2.45, 2.75) is 12.4 Å². The standard InChI is InChI=1S/C5H7F6N3/c6-4(7,8)1-14(3(12)13)2-5(9,10)11/h1-2H2,(H3,12,13). The molecule has 9 heteroatoms. The fraction of sp³-hybridized carbons (Fsp3) is 0.800. The maximum absolute atomic E-state index is 11.7. The van der Waals surface area contributed by atoms with Crippen LogP contribution in [0.15, 0.2) is 0 Å². The van der Waals surface area contributed by atoms with Gasteiger partial charge in [0.05, 0.1) is 0 Å². The van der Waals surface area contributed by atoms with E-state index < -0.39 is 31.4 Å². The molecule has 0 aromatic rings. The number of alkyl halides is 6. The number of nitrogens with two attached hydrogens (primary N) is 1. The van der Waals surface area contributed by atoms with E-state index in [9.17, 15) is 26.3 Å². The Balaban J connectivity index is 4.40. The van der Waals surface area contributed by atoms with Gasteiger partial charge in [-0.1, -0.05) is 0 Å². The number of rotatable bonds is 2. The molecule has 0 amide bonds. The predicted octanol–water partition coefficient (Wildman–Crippen LogP) is 1.31. The first-order valence-corrected chi connectivity index (χ1v) is 3.24. The van der Waals surface area contributed by atoms with Gasteiger partial charge in [0, 0.05) is 0 Å². The number of nitrogens with one attached hydrogen (secondary N) is 1. The van der Waals surface area contributed by atoms with E-state index in [0.29, 0.717) is 0 Å². The molecule has 0 aromatic carbocycles. The highest BCUT2D eigenvalue weighted by Gasteiger charge is 2.37. The second-order valence-corrected chi connectivity index (χ2v) is 2.47. The molecule has 0 fully saturated rings. The minimum absolute atomic E-state index is 0.306. The Morgan fingerprint density at radius 2 is 1.29 bits per heavy atom. The number of guanidine groups is 1. The summed E-state index contributed by atoms with van der Waals surface area (Å²) in [7, 11) is 0. The summed E-state index contributed by atoms with van der Waals surface area (Å²) in [6, 6.07) is 0. The molecule has 0 unspecified atom stereocenters. The second-order valence-electron chi connectivity index (χ2n) is 2.47. The van der Waals surface area contributed by atoms with Gasteiger partial charge in [-0.2, -0.15) is 26.3 Å². The van der Waals surface area contributed by atoms with Crippen LogP contribution in [0.2, 0.25) is 0 Å². The predicted molar refractivity (Wildman–Crippen MR) is 35.6 cm³/mol. The summed E-state index contributed by atoms with van der Waals surface area (Å²) in [5.41, 5.74) is 4.56. The van der Waals surface area contributed by atoms with Crippen molar-refractivity contribution >= 4 is 5.96 Å². The van der Waals surface area contributed by atoms with Gasteiger partial charge < -0.3 is 10.6 Å². The molecular formula is C5H7F6N3. The first kappa shape index (κ1) is 12.8. The van der Waals surface area contributed by atoms with Gasteiger partial charge in [-0.25, -0.2) is 0 Å². The third-order valence-electron chi connectivity index (χ3n) is 1.08. The summed E-state index contributed by atoms with van der Waals surface area (Å²) in [5, 5.41) is 6.52. The number of nitrogens with zero attached hydrogens (tertiary/aromatic N) is 1. The van der Waals surface area contributed by atoms with Crippen molar-refractivity contribution in [1.29, 1.82) is 5.41 Å². The van der Waals surface area contributed by atoms with E-state index in [4.69, 9.17) is 5.41 Å². The Morgan fingerprint density at radius 1 is 1.00 bits per heavy atom. The lowest BCUT2D eigenvalue weighted by molar-refractivity contribution is -0.168. The van der Waals surface area contributed by atoms with Gasteiger partial charge in [0.2, 0.25) is 0 Å². The second kappa shape index (κ2) is 3.93. The largest absolute Gasteiger partial charge is 0.406 e.